The van der Waals surface area contributed by atoms with Gasteiger partial charge < -0.3 is 15.4 Å². The molecule has 0 radical (unpaired) electrons. The van der Waals surface area contributed by atoms with Crippen molar-refractivity contribution in [2.75, 3.05) is 10.6 Å². The summed E-state index contributed by atoms with van der Waals surface area (Å²) in [5.41, 5.74) is 1.22. The van der Waals surface area contributed by atoms with Gasteiger partial charge in [-0.15, -0.1) is 11.3 Å². The molecule has 2 amide bonds. The van der Waals surface area contributed by atoms with Crippen LogP contribution in [0.4, 0.5) is 10.8 Å². The zero-order valence-electron chi connectivity index (χ0n) is 16.5. The van der Waals surface area contributed by atoms with Gasteiger partial charge in [-0.3, -0.25) is 9.59 Å². The molecule has 1 aliphatic rings. The standard InChI is InChI=1S/C23H23N3O3S/c27-21(14-17-15-30-23(24-17)26-22(28)16-8-4-5-9-16)25-19-12-6-7-13-20(19)29-18-10-2-1-3-11-18/h1-3,6-7,10-13,15-16H,4-5,8-9,14H2,(H,25,27)(H,24,26,28). The highest BCUT2D eigenvalue weighted by Gasteiger charge is 2.23. The summed E-state index contributed by atoms with van der Waals surface area (Å²) in [6.45, 7) is 0. The summed E-state index contributed by atoms with van der Waals surface area (Å²) in [6, 6.07) is 16.7. The van der Waals surface area contributed by atoms with Crippen molar-refractivity contribution in [1.29, 1.82) is 0 Å². The molecule has 1 aromatic heterocycles. The lowest BCUT2D eigenvalue weighted by atomic mass is 10.1. The quantitative estimate of drug-likeness (QED) is 0.546. The Morgan fingerprint density at radius 2 is 1.73 bits per heavy atom. The number of carbonyl (C=O) groups is 2. The van der Waals surface area contributed by atoms with Crippen molar-refractivity contribution in [3.8, 4) is 11.5 Å². The molecule has 0 aliphatic heterocycles. The summed E-state index contributed by atoms with van der Waals surface area (Å²) in [5.74, 6) is 1.19. The third kappa shape index (κ3) is 5.24. The lowest BCUT2D eigenvalue weighted by Crippen LogP contribution is -2.20. The molecule has 0 unspecified atom stereocenters. The third-order valence-electron chi connectivity index (χ3n) is 4.98. The number of anilines is 2. The molecule has 4 rings (SSSR count). The molecular weight excluding hydrogens is 398 g/mol. The van der Waals surface area contributed by atoms with E-state index in [0.29, 0.717) is 28.0 Å². The van der Waals surface area contributed by atoms with E-state index in [2.05, 4.69) is 15.6 Å². The van der Waals surface area contributed by atoms with Crippen LogP contribution in [-0.4, -0.2) is 16.8 Å². The Labute approximate surface area is 179 Å². The molecule has 1 fully saturated rings. The molecule has 0 atom stereocenters. The van der Waals surface area contributed by atoms with Crippen molar-refractivity contribution >= 4 is 34.0 Å². The van der Waals surface area contributed by atoms with Gasteiger partial charge in [0, 0.05) is 11.3 Å². The first-order valence-corrected chi connectivity index (χ1v) is 10.9. The van der Waals surface area contributed by atoms with Crippen molar-refractivity contribution in [3.63, 3.8) is 0 Å². The minimum absolute atomic E-state index is 0.0323. The number of para-hydroxylation sites is 3. The Bertz CT molecular complexity index is 1010. The number of hydrogen-bond acceptors (Lipinski definition) is 5. The normalized spacial score (nSPS) is 13.7. The SMILES string of the molecule is O=C(Cc1csc(NC(=O)C2CCCC2)n1)Nc1ccccc1Oc1ccccc1. The first-order chi connectivity index (χ1) is 14.7. The maximum atomic E-state index is 12.5. The van der Waals surface area contributed by atoms with Crippen LogP contribution in [0.15, 0.2) is 60.0 Å². The molecule has 2 N–H and O–H groups in total. The maximum absolute atomic E-state index is 12.5. The molecule has 7 heteroatoms. The van der Waals surface area contributed by atoms with Gasteiger partial charge in [0.25, 0.3) is 0 Å². The topological polar surface area (TPSA) is 80.3 Å². The summed E-state index contributed by atoms with van der Waals surface area (Å²) in [4.78, 5) is 29.2. The fourth-order valence-electron chi connectivity index (χ4n) is 3.47. The molecule has 2 aromatic carbocycles. The van der Waals surface area contributed by atoms with E-state index in [9.17, 15) is 9.59 Å². The number of rotatable bonds is 7. The average molecular weight is 422 g/mol. The van der Waals surface area contributed by atoms with Crippen molar-refractivity contribution in [2.24, 2.45) is 5.92 Å². The van der Waals surface area contributed by atoms with Gasteiger partial charge in [-0.2, -0.15) is 0 Å². The van der Waals surface area contributed by atoms with Crippen molar-refractivity contribution in [2.45, 2.75) is 32.1 Å². The first-order valence-electron chi connectivity index (χ1n) is 10.0. The molecule has 6 nitrogen and oxygen atoms in total. The summed E-state index contributed by atoms with van der Waals surface area (Å²) in [7, 11) is 0. The predicted molar refractivity (Wildman–Crippen MR) is 118 cm³/mol. The van der Waals surface area contributed by atoms with Crippen LogP contribution in [-0.2, 0) is 16.0 Å². The Morgan fingerprint density at radius 3 is 2.53 bits per heavy atom. The van der Waals surface area contributed by atoms with Gasteiger partial charge in [-0.1, -0.05) is 43.2 Å². The smallest absolute Gasteiger partial charge is 0.230 e. The monoisotopic (exact) mass is 421 g/mol. The molecule has 1 saturated carbocycles. The van der Waals surface area contributed by atoms with Crippen LogP contribution in [0, 0.1) is 5.92 Å². The van der Waals surface area contributed by atoms with Crippen molar-refractivity contribution in [1.82, 2.24) is 4.98 Å². The lowest BCUT2D eigenvalue weighted by molar-refractivity contribution is -0.119. The number of aromatic nitrogens is 1. The minimum atomic E-state index is -0.196. The van der Waals surface area contributed by atoms with E-state index in [1.807, 2.05) is 48.5 Å². The van der Waals surface area contributed by atoms with E-state index >= 15 is 0 Å². The number of nitrogens with one attached hydrogen (secondary N) is 2. The van der Waals surface area contributed by atoms with Gasteiger partial charge >= 0.3 is 0 Å². The van der Waals surface area contributed by atoms with Gasteiger partial charge in [0.2, 0.25) is 11.8 Å². The van der Waals surface area contributed by atoms with Crippen LogP contribution < -0.4 is 15.4 Å². The highest BCUT2D eigenvalue weighted by atomic mass is 32.1. The zero-order valence-corrected chi connectivity index (χ0v) is 17.3. The second-order valence-electron chi connectivity index (χ2n) is 7.25. The molecule has 0 saturated heterocycles. The van der Waals surface area contributed by atoms with Gasteiger partial charge in [0.1, 0.15) is 5.75 Å². The van der Waals surface area contributed by atoms with Crippen LogP contribution in [0.5, 0.6) is 11.5 Å². The Hall–Kier alpha value is -3.19. The van der Waals surface area contributed by atoms with Crippen LogP contribution in [0.3, 0.4) is 0 Å². The average Bonchev–Trinajstić information content (AvgIpc) is 3.43. The van der Waals surface area contributed by atoms with E-state index in [1.165, 1.54) is 11.3 Å². The number of hydrogen-bond donors (Lipinski definition) is 2. The molecule has 3 aromatic rings. The largest absolute Gasteiger partial charge is 0.455 e. The van der Waals surface area contributed by atoms with E-state index < -0.39 is 0 Å². The number of nitrogens with zero attached hydrogens (tertiary/aromatic N) is 1. The summed E-state index contributed by atoms with van der Waals surface area (Å²) in [5, 5.41) is 8.11. The van der Waals surface area contributed by atoms with Crippen molar-refractivity contribution < 1.29 is 14.3 Å². The number of benzene rings is 2. The van der Waals surface area contributed by atoms with Gasteiger partial charge in [-0.05, 0) is 37.1 Å². The van der Waals surface area contributed by atoms with Gasteiger partial charge in [0.15, 0.2) is 10.9 Å². The third-order valence-corrected chi connectivity index (χ3v) is 5.79. The molecule has 154 valence electrons. The van der Waals surface area contributed by atoms with Crippen LogP contribution in [0.2, 0.25) is 0 Å². The summed E-state index contributed by atoms with van der Waals surface area (Å²) < 4.78 is 5.88. The van der Waals surface area contributed by atoms with Gasteiger partial charge in [-0.25, -0.2) is 4.98 Å². The first kappa shape index (κ1) is 20.1. The van der Waals surface area contributed by atoms with E-state index in [4.69, 9.17) is 4.74 Å². The van der Waals surface area contributed by atoms with Crippen molar-refractivity contribution in [3.05, 3.63) is 65.7 Å². The van der Waals surface area contributed by atoms with E-state index in [1.54, 1.807) is 11.4 Å². The number of thiazole rings is 1. The fraction of sp³-hybridized carbons (Fsp3) is 0.261. The number of ether oxygens (including phenoxy) is 1. The fourth-order valence-corrected chi connectivity index (χ4v) is 4.19. The second-order valence-corrected chi connectivity index (χ2v) is 8.11. The molecule has 1 aliphatic carbocycles. The Balaban J connectivity index is 1.35. The van der Waals surface area contributed by atoms with Crippen LogP contribution in [0.25, 0.3) is 0 Å². The van der Waals surface area contributed by atoms with Crippen LogP contribution in [0.1, 0.15) is 31.4 Å². The summed E-state index contributed by atoms with van der Waals surface area (Å²) in [6.07, 6.45) is 4.22. The molecule has 0 spiro atoms. The highest BCUT2D eigenvalue weighted by Crippen LogP contribution is 2.29. The molecule has 0 bridgehead atoms. The van der Waals surface area contributed by atoms with Crippen LogP contribution >= 0.6 is 11.3 Å². The molecular formula is C23H23N3O3S. The molecule has 1 heterocycles. The number of amides is 2. The zero-order chi connectivity index (χ0) is 20.8. The van der Waals surface area contributed by atoms with E-state index in [0.717, 1.165) is 25.7 Å². The van der Waals surface area contributed by atoms with E-state index in [-0.39, 0.29) is 24.2 Å². The van der Waals surface area contributed by atoms with Gasteiger partial charge in [0.05, 0.1) is 17.8 Å². The Morgan fingerprint density at radius 1 is 1.00 bits per heavy atom. The maximum Gasteiger partial charge on any atom is 0.230 e. The lowest BCUT2D eigenvalue weighted by Gasteiger charge is -2.12. The Kier molecular flexibility index (Phi) is 6.39. The number of carbonyl (C=O) groups excluding carboxylic acids is 2. The molecule has 30 heavy (non-hydrogen) atoms. The predicted octanol–water partition coefficient (Wildman–Crippen LogP) is 5.25. The second kappa shape index (κ2) is 9.54. The summed E-state index contributed by atoms with van der Waals surface area (Å²) >= 11 is 1.34. The highest BCUT2D eigenvalue weighted by molar-refractivity contribution is 7.13. The minimum Gasteiger partial charge on any atom is -0.455 e.